The van der Waals surface area contributed by atoms with Gasteiger partial charge in [0.2, 0.25) is 5.91 Å². The van der Waals surface area contributed by atoms with Gasteiger partial charge in [0.1, 0.15) is 5.82 Å². The summed E-state index contributed by atoms with van der Waals surface area (Å²) in [5, 5.41) is 9.95. The first-order valence-corrected chi connectivity index (χ1v) is 7.18. The maximum Gasteiger partial charge on any atom is 0.221 e. The Labute approximate surface area is 119 Å². The molecule has 2 N–H and O–H groups in total. The van der Waals surface area contributed by atoms with Gasteiger partial charge in [0.15, 0.2) is 5.82 Å². The molecule has 20 heavy (non-hydrogen) atoms. The van der Waals surface area contributed by atoms with Gasteiger partial charge < -0.3 is 10.2 Å². The largest absolute Gasteiger partial charge is 0.353 e. The summed E-state index contributed by atoms with van der Waals surface area (Å²) in [5.74, 6) is 2.36. The Hall–Kier alpha value is -1.69. The molecule has 0 aromatic carbocycles. The van der Waals surface area contributed by atoms with Crippen molar-refractivity contribution in [1.29, 1.82) is 0 Å². The van der Waals surface area contributed by atoms with Crippen LogP contribution in [0.15, 0.2) is 12.7 Å². The van der Waals surface area contributed by atoms with Crippen molar-refractivity contribution in [2.75, 3.05) is 26.2 Å². The molecule has 1 aromatic rings. The van der Waals surface area contributed by atoms with Crippen molar-refractivity contribution in [2.24, 2.45) is 0 Å². The fourth-order valence-electron chi connectivity index (χ4n) is 2.49. The Bertz CT molecular complexity index is 448. The number of rotatable bonds is 6. The van der Waals surface area contributed by atoms with Crippen molar-refractivity contribution >= 4 is 5.91 Å². The van der Waals surface area contributed by atoms with Crippen LogP contribution < -0.4 is 5.32 Å². The number of piperidine rings is 1. The van der Waals surface area contributed by atoms with Crippen molar-refractivity contribution in [3.05, 3.63) is 24.3 Å². The van der Waals surface area contributed by atoms with Crippen LogP contribution in [0.1, 0.15) is 36.8 Å². The number of aromatic amines is 1. The van der Waals surface area contributed by atoms with Gasteiger partial charge in [0.25, 0.3) is 0 Å². The van der Waals surface area contributed by atoms with E-state index in [1.807, 2.05) is 6.92 Å². The van der Waals surface area contributed by atoms with Crippen LogP contribution in [0.2, 0.25) is 0 Å². The highest BCUT2D eigenvalue weighted by molar-refractivity contribution is 5.76. The highest BCUT2D eigenvalue weighted by Crippen LogP contribution is 2.25. The van der Waals surface area contributed by atoms with E-state index in [2.05, 4.69) is 32.0 Å². The first kappa shape index (κ1) is 14.7. The maximum atomic E-state index is 11.5. The smallest absolute Gasteiger partial charge is 0.221 e. The number of nitrogens with zero attached hydrogens (tertiary/aromatic N) is 3. The van der Waals surface area contributed by atoms with E-state index in [1.54, 1.807) is 6.08 Å². The molecule has 0 bridgehead atoms. The highest BCUT2D eigenvalue weighted by atomic mass is 16.1. The lowest BCUT2D eigenvalue weighted by atomic mass is 9.96. The molecule has 2 rings (SSSR count). The van der Waals surface area contributed by atoms with Crippen LogP contribution in [-0.4, -0.2) is 52.2 Å². The lowest BCUT2D eigenvalue weighted by Crippen LogP contribution is -2.36. The van der Waals surface area contributed by atoms with Gasteiger partial charge in [0.05, 0.1) is 0 Å². The second kappa shape index (κ2) is 7.19. The Kier molecular flexibility index (Phi) is 5.29. The predicted octanol–water partition coefficient (Wildman–Crippen LogP) is 0.985. The van der Waals surface area contributed by atoms with Crippen LogP contribution in [0.3, 0.4) is 0 Å². The molecule has 0 radical (unpaired) electrons. The second-order valence-corrected chi connectivity index (χ2v) is 5.24. The van der Waals surface area contributed by atoms with E-state index >= 15 is 0 Å². The van der Waals surface area contributed by atoms with Gasteiger partial charge >= 0.3 is 0 Å². The number of carbonyl (C=O) groups is 1. The Morgan fingerprint density at radius 2 is 2.30 bits per heavy atom. The molecule has 0 atom stereocenters. The van der Waals surface area contributed by atoms with E-state index in [4.69, 9.17) is 0 Å². The van der Waals surface area contributed by atoms with Crippen LogP contribution in [0.5, 0.6) is 0 Å². The third-order valence-electron chi connectivity index (χ3n) is 3.67. The van der Waals surface area contributed by atoms with Crippen LogP contribution in [0.4, 0.5) is 0 Å². The summed E-state index contributed by atoms with van der Waals surface area (Å²) in [7, 11) is 0. The summed E-state index contributed by atoms with van der Waals surface area (Å²) in [6.45, 7) is 8.89. The standard InChI is InChI=1S/C14H23N5O/c1-3-7-15-13(20)6-10-19-8-4-12(5-9-19)14-16-11(2)17-18-14/h3,12H,1,4-10H2,2H3,(H,15,20)(H,16,17,18). The van der Waals surface area contributed by atoms with E-state index in [0.29, 0.717) is 18.9 Å². The fourth-order valence-corrected chi connectivity index (χ4v) is 2.49. The molecule has 1 aromatic heterocycles. The maximum absolute atomic E-state index is 11.5. The second-order valence-electron chi connectivity index (χ2n) is 5.24. The third-order valence-corrected chi connectivity index (χ3v) is 3.67. The molecular weight excluding hydrogens is 254 g/mol. The van der Waals surface area contributed by atoms with Crippen molar-refractivity contribution in [3.8, 4) is 0 Å². The van der Waals surface area contributed by atoms with Crippen LogP contribution in [-0.2, 0) is 4.79 Å². The van der Waals surface area contributed by atoms with Gasteiger partial charge in [-0.05, 0) is 32.9 Å². The van der Waals surface area contributed by atoms with Crippen molar-refractivity contribution in [2.45, 2.75) is 32.1 Å². The van der Waals surface area contributed by atoms with E-state index < -0.39 is 0 Å². The molecule has 0 saturated carbocycles. The topological polar surface area (TPSA) is 73.9 Å². The number of aryl methyl sites for hydroxylation is 1. The van der Waals surface area contributed by atoms with Crippen LogP contribution in [0, 0.1) is 6.92 Å². The molecule has 6 heteroatoms. The van der Waals surface area contributed by atoms with Crippen molar-refractivity contribution < 1.29 is 4.79 Å². The van der Waals surface area contributed by atoms with Gasteiger partial charge in [-0.25, -0.2) is 4.98 Å². The zero-order valence-electron chi connectivity index (χ0n) is 12.1. The lowest BCUT2D eigenvalue weighted by Gasteiger charge is -2.30. The van der Waals surface area contributed by atoms with Gasteiger partial charge in [0, 0.05) is 25.4 Å². The number of nitrogens with one attached hydrogen (secondary N) is 2. The van der Waals surface area contributed by atoms with Crippen LogP contribution in [0.25, 0.3) is 0 Å². The zero-order valence-corrected chi connectivity index (χ0v) is 12.1. The average Bonchev–Trinajstić information content (AvgIpc) is 2.90. The molecule has 110 valence electrons. The highest BCUT2D eigenvalue weighted by Gasteiger charge is 2.23. The number of H-pyrrole nitrogens is 1. The molecule has 1 amide bonds. The third kappa shape index (κ3) is 4.16. The lowest BCUT2D eigenvalue weighted by molar-refractivity contribution is -0.121. The molecule has 1 aliphatic rings. The number of aromatic nitrogens is 3. The molecule has 0 spiro atoms. The minimum atomic E-state index is 0.0941. The predicted molar refractivity (Wildman–Crippen MR) is 77.4 cm³/mol. The minimum Gasteiger partial charge on any atom is -0.353 e. The number of likely N-dealkylation sites (tertiary alicyclic amines) is 1. The monoisotopic (exact) mass is 277 g/mol. The molecule has 1 saturated heterocycles. The Morgan fingerprint density at radius 3 is 2.90 bits per heavy atom. The summed E-state index contributed by atoms with van der Waals surface area (Å²) in [4.78, 5) is 18.3. The van der Waals surface area contributed by atoms with E-state index in [9.17, 15) is 4.79 Å². The van der Waals surface area contributed by atoms with Gasteiger partial charge in [-0.2, -0.15) is 5.10 Å². The van der Waals surface area contributed by atoms with E-state index in [0.717, 1.165) is 44.1 Å². The molecule has 1 aliphatic heterocycles. The molecule has 2 heterocycles. The summed E-state index contributed by atoms with van der Waals surface area (Å²) >= 11 is 0. The van der Waals surface area contributed by atoms with Crippen molar-refractivity contribution in [3.63, 3.8) is 0 Å². The molecule has 0 unspecified atom stereocenters. The van der Waals surface area contributed by atoms with E-state index in [-0.39, 0.29) is 5.91 Å². The summed E-state index contributed by atoms with van der Waals surface area (Å²) < 4.78 is 0. The quantitative estimate of drug-likeness (QED) is 0.760. The summed E-state index contributed by atoms with van der Waals surface area (Å²) in [6.07, 6.45) is 4.37. The van der Waals surface area contributed by atoms with Gasteiger partial charge in [-0.1, -0.05) is 6.08 Å². The minimum absolute atomic E-state index is 0.0941. The Morgan fingerprint density at radius 1 is 1.55 bits per heavy atom. The molecule has 1 fully saturated rings. The van der Waals surface area contributed by atoms with Crippen molar-refractivity contribution in [1.82, 2.24) is 25.4 Å². The molecular formula is C14H23N5O. The first-order valence-electron chi connectivity index (χ1n) is 7.18. The van der Waals surface area contributed by atoms with Crippen LogP contribution >= 0.6 is 0 Å². The summed E-state index contributed by atoms with van der Waals surface area (Å²) in [6, 6.07) is 0. The first-order chi connectivity index (χ1) is 9.69. The Balaban J connectivity index is 1.69. The number of hydrogen-bond donors (Lipinski definition) is 2. The summed E-state index contributed by atoms with van der Waals surface area (Å²) in [5.41, 5.74) is 0. The molecule has 6 nitrogen and oxygen atoms in total. The number of amides is 1. The SMILES string of the molecule is C=CCNC(=O)CCN1CCC(c2n[nH]c(C)n2)CC1. The normalized spacial score (nSPS) is 17.1. The average molecular weight is 277 g/mol. The molecule has 0 aliphatic carbocycles. The number of hydrogen-bond acceptors (Lipinski definition) is 4. The zero-order chi connectivity index (χ0) is 14.4. The number of carbonyl (C=O) groups excluding carboxylic acids is 1. The fraction of sp³-hybridized carbons (Fsp3) is 0.643. The van der Waals surface area contributed by atoms with E-state index in [1.165, 1.54) is 0 Å². The van der Waals surface area contributed by atoms with Gasteiger partial charge in [-0.3, -0.25) is 9.89 Å². The van der Waals surface area contributed by atoms with Gasteiger partial charge in [-0.15, -0.1) is 6.58 Å².